The van der Waals surface area contributed by atoms with E-state index < -0.39 is 0 Å². The summed E-state index contributed by atoms with van der Waals surface area (Å²) in [4.78, 5) is 14.4. The van der Waals surface area contributed by atoms with Gasteiger partial charge in [0.1, 0.15) is 0 Å². The summed E-state index contributed by atoms with van der Waals surface area (Å²) < 4.78 is 0. The van der Waals surface area contributed by atoms with Crippen LogP contribution >= 0.6 is 0 Å². The molecule has 0 spiro atoms. The molecule has 0 bridgehead atoms. The molecule has 0 radical (unpaired) electrons. The van der Waals surface area contributed by atoms with E-state index in [0.29, 0.717) is 24.5 Å². The topological polar surface area (TPSA) is 44.4 Å². The molecule has 4 heteroatoms. The molecule has 0 saturated carbocycles. The predicted octanol–water partition coefficient (Wildman–Crippen LogP) is 1.37. The smallest absolute Gasteiger partial charge is 0.234 e. The van der Waals surface area contributed by atoms with Gasteiger partial charge < -0.3 is 10.6 Å². The molecular weight excluding hydrogens is 238 g/mol. The Morgan fingerprint density at radius 3 is 2.89 bits per heavy atom. The van der Waals surface area contributed by atoms with Crippen molar-refractivity contribution in [3.63, 3.8) is 0 Å². The third kappa shape index (κ3) is 4.46. The fourth-order valence-corrected chi connectivity index (χ4v) is 3.28. The number of hydrogen-bond acceptors (Lipinski definition) is 3. The van der Waals surface area contributed by atoms with Gasteiger partial charge >= 0.3 is 0 Å². The number of amides is 1. The van der Waals surface area contributed by atoms with Crippen LogP contribution in [-0.4, -0.2) is 49.1 Å². The van der Waals surface area contributed by atoms with Crippen LogP contribution in [0.3, 0.4) is 0 Å². The van der Waals surface area contributed by atoms with Crippen molar-refractivity contribution in [2.45, 2.75) is 58.0 Å². The molecule has 2 fully saturated rings. The Balaban J connectivity index is 1.72. The molecule has 2 N–H and O–H groups in total. The molecule has 2 rings (SSSR count). The van der Waals surface area contributed by atoms with E-state index >= 15 is 0 Å². The minimum Gasteiger partial charge on any atom is -0.355 e. The van der Waals surface area contributed by atoms with Gasteiger partial charge in [-0.1, -0.05) is 13.8 Å². The summed E-state index contributed by atoms with van der Waals surface area (Å²) in [5, 5.41) is 6.64. The van der Waals surface area contributed by atoms with Crippen LogP contribution in [0.5, 0.6) is 0 Å². The van der Waals surface area contributed by atoms with Gasteiger partial charge in [-0.25, -0.2) is 0 Å². The van der Waals surface area contributed by atoms with E-state index in [9.17, 15) is 4.79 Å². The Labute approximate surface area is 117 Å². The van der Waals surface area contributed by atoms with Crippen LogP contribution in [0, 0.1) is 5.92 Å². The Bertz CT molecular complexity index is 287. The average Bonchev–Trinajstić information content (AvgIpc) is 2.97. The maximum absolute atomic E-state index is 12.0. The molecule has 0 aromatic heterocycles. The predicted molar refractivity (Wildman–Crippen MR) is 78.1 cm³/mol. The lowest BCUT2D eigenvalue weighted by Crippen LogP contribution is -2.47. The quantitative estimate of drug-likeness (QED) is 0.764. The van der Waals surface area contributed by atoms with Crippen molar-refractivity contribution in [1.29, 1.82) is 0 Å². The molecule has 2 heterocycles. The number of carbonyl (C=O) groups is 1. The molecule has 110 valence electrons. The van der Waals surface area contributed by atoms with Crippen molar-refractivity contribution in [2.75, 3.05) is 26.2 Å². The molecule has 2 aliphatic heterocycles. The molecule has 2 unspecified atom stereocenters. The summed E-state index contributed by atoms with van der Waals surface area (Å²) in [5.74, 6) is 0.855. The maximum Gasteiger partial charge on any atom is 0.234 e. The molecular formula is C15H29N3O. The molecule has 2 aliphatic rings. The number of nitrogens with one attached hydrogen (secondary N) is 2. The van der Waals surface area contributed by atoms with Gasteiger partial charge in [-0.3, -0.25) is 9.69 Å². The zero-order chi connectivity index (χ0) is 13.7. The fourth-order valence-electron chi connectivity index (χ4n) is 3.28. The first kappa shape index (κ1) is 14.8. The zero-order valence-corrected chi connectivity index (χ0v) is 12.5. The van der Waals surface area contributed by atoms with E-state index in [4.69, 9.17) is 0 Å². The highest BCUT2D eigenvalue weighted by Gasteiger charge is 2.33. The summed E-state index contributed by atoms with van der Waals surface area (Å²) in [6.45, 7) is 8.01. The van der Waals surface area contributed by atoms with E-state index in [1.165, 1.54) is 25.7 Å². The second-order valence-electron chi connectivity index (χ2n) is 6.42. The van der Waals surface area contributed by atoms with Crippen LogP contribution in [-0.2, 0) is 4.79 Å². The monoisotopic (exact) mass is 267 g/mol. The molecule has 0 aromatic rings. The molecule has 0 aliphatic carbocycles. The van der Waals surface area contributed by atoms with Gasteiger partial charge in [0.15, 0.2) is 0 Å². The van der Waals surface area contributed by atoms with E-state index in [-0.39, 0.29) is 5.91 Å². The first-order chi connectivity index (χ1) is 9.16. The standard InChI is InChI=1S/C15H29N3O/c1-12(2)7-9-17-15(19)11-18-10-4-6-14(18)13-5-3-8-16-13/h12-14,16H,3-11H2,1-2H3,(H,17,19). The lowest BCUT2D eigenvalue weighted by molar-refractivity contribution is -0.122. The summed E-state index contributed by atoms with van der Waals surface area (Å²) in [6, 6.07) is 1.20. The normalized spacial score (nSPS) is 28.2. The van der Waals surface area contributed by atoms with Gasteiger partial charge in [0.2, 0.25) is 5.91 Å². The lowest BCUT2D eigenvalue weighted by Gasteiger charge is -2.28. The zero-order valence-electron chi connectivity index (χ0n) is 12.5. The first-order valence-electron chi connectivity index (χ1n) is 7.91. The van der Waals surface area contributed by atoms with Crippen molar-refractivity contribution in [3.05, 3.63) is 0 Å². The number of nitrogens with zero attached hydrogens (tertiary/aromatic N) is 1. The minimum atomic E-state index is 0.200. The second kappa shape index (κ2) is 7.25. The van der Waals surface area contributed by atoms with Crippen LogP contribution in [0.25, 0.3) is 0 Å². The third-order valence-electron chi connectivity index (χ3n) is 4.37. The highest BCUT2D eigenvalue weighted by molar-refractivity contribution is 5.78. The van der Waals surface area contributed by atoms with Crippen molar-refractivity contribution < 1.29 is 4.79 Å². The Hall–Kier alpha value is -0.610. The second-order valence-corrected chi connectivity index (χ2v) is 6.42. The maximum atomic E-state index is 12.0. The van der Waals surface area contributed by atoms with Crippen LogP contribution in [0.4, 0.5) is 0 Å². The van der Waals surface area contributed by atoms with Gasteiger partial charge in [0.25, 0.3) is 0 Å². The van der Waals surface area contributed by atoms with Gasteiger partial charge in [-0.2, -0.15) is 0 Å². The van der Waals surface area contributed by atoms with E-state index in [2.05, 4.69) is 29.4 Å². The summed E-state index contributed by atoms with van der Waals surface area (Å²) in [6.07, 6.45) is 6.12. The van der Waals surface area contributed by atoms with Gasteiger partial charge in [0.05, 0.1) is 6.54 Å². The molecule has 2 saturated heterocycles. The van der Waals surface area contributed by atoms with E-state index in [1.54, 1.807) is 0 Å². The van der Waals surface area contributed by atoms with E-state index in [1.807, 2.05) is 0 Å². The Kier molecular flexibility index (Phi) is 5.64. The van der Waals surface area contributed by atoms with Crippen LogP contribution in [0.1, 0.15) is 46.0 Å². The van der Waals surface area contributed by atoms with Crippen molar-refractivity contribution >= 4 is 5.91 Å². The molecule has 2 atom stereocenters. The lowest BCUT2D eigenvalue weighted by atomic mass is 10.0. The van der Waals surface area contributed by atoms with Gasteiger partial charge in [0, 0.05) is 18.6 Å². The highest BCUT2D eigenvalue weighted by atomic mass is 16.2. The van der Waals surface area contributed by atoms with Crippen molar-refractivity contribution in [3.8, 4) is 0 Å². The van der Waals surface area contributed by atoms with Crippen LogP contribution in [0.2, 0.25) is 0 Å². The summed E-state index contributed by atoms with van der Waals surface area (Å²) >= 11 is 0. The molecule has 4 nitrogen and oxygen atoms in total. The third-order valence-corrected chi connectivity index (χ3v) is 4.37. The number of likely N-dealkylation sites (tertiary alicyclic amines) is 1. The fraction of sp³-hybridized carbons (Fsp3) is 0.933. The SMILES string of the molecule is CC(C)CCNC(=O)CN1CCCC1C1CCCN1. The summed E-state index contributed by atoms with van der Waals surface area (Å²) in [7, 11) is 0. The Morgan fingerprint density at radius 2 is 2.21 bits per heavy atom. The molecule has 1 amide bonds. The van der Waals surface area contributed by atoms with Gasteiger partial charge in [-0.15, -0.1) is 0 Å². The molecule has 19 heavy (non-hydrogen) atoms. The molecule has 0 aromatic carbocycles. The van der Waals surface area contributed by atoms with Crippen molar-refractivity contribution in [2.24, 2.45) is 5.92 Å². The first-order valence-corrected chi connectivity index (χ1v) is 7.91. The number of hydrogen-bond donors (Lipinski definition) is 2. The minimum absolute atomic E-state index is 0.200. The van der Waals surface area contributed by atoms with Crippen LogP contribution < -0.4 is 10.6 Å². The largest absolute Gasteiger partial charge is 0.355 e. The van der Waals surface area contributed by atoms with Gasteiger partial charge in [-0.05, 0) is 51.1 Å². The van der Waals surface area contributed by atoms with Crippen LogP contribution in [0.15, 0.2) is 0 Å². The van der Waals surface area contributed by atoms with Crippen molar-refractivity contribution in [1.82, 2.24) is 15.5 Å². The number of carbonyl (C=O) groups excluding carboxylic acids is 1. The summed E-state index contributed by atoms with van der Waals surface area (Å²) in [5.41, 5.74) is 0. The number of rotatable bonds is 6. The van der Waals surface area contributed by atoms with E-state index in [0.717, 1.165) is 26.1 Å². The highest BCUT2D eigenvalue weighted by Crippen LogP contribution is 2.24. The Morgan fingerprint density at radius 1 is 1.37 bits per heavy atom. The average molecular weight is 267 g/mol.